The highest BCUT2D eigenvalue weighted by Gasteiger charge is 2.45. The second kappa shape index (κ2) is 14.9. The number of piperidine rings is 1. The van der Waals surface area contributed by atoms with Gasteiger partial charge >= 0.3 is 6.09 Å². The van der Waals surface area contributed by atoms with Crippen LogP contribution in [0.3, 0.4) is 0 Å². The van der Waals surface area contributed by atoms with Crippen molar-refractivity contribution in [3.05, 3.63) is 71.4 Å². The monoisotopic (exact) mass is 715 g/mol. The maximum atomic E-state index is 15.6. The van der Waals surface area contributed by atoms with Crippen LogP contribution < -0.4 is 15.5 Å². The maximum absolute atomic E-state index is 15.6. The highest BCUT2D eigenvalue weighted by atomic mass is 28.4. The summed E-state index contributed by atoms with van der Waals surface area (Å²) in [5.41, 5.74) is 0.204. The molecule has 14 heteroatoms. The number of pyridine rings is 2. The third kappa shape index (κ3) is 7.93. The van der Waals surface area contributed by atoms with E-state index in [1.165, 1.54) is 25.3 Å². The van der Waals surface area contributed by atoms with Gasteiger partial charge in [0.1, 0.15) is 23.1 Å². The maximum Gasteiger partial charge on any atom is 0.405 e. The molecule has 2 aliphatic rings. The average Bonchev–Trinajstić information content (AvgIpc) is 3.05. The normalized spacial score (nSPS) is 21.2. The molecule has 50 heavy (non-hydrogen) atoms. The molecule has 2 saturated heterocycles. The van der Waals surface area contributed by atoms with Crippen LogP contribution in [0.1, 0.15) is 51.8 Å². The molecule has 2 fully saturated rings. The van der Waals surface area contributed by atoms with Crippen molar-refractivity contribution < 1.29 is 37.0 Å². The van der Waals surface area contributed by atoms with E-state index in [0.717, 1.165) is 11.8 Å². The van der Waals surface area contributed by atoms with Crippen molar-refractivity contribution in [1.82, 2.24) is 15.3 Å². The zero-order chi connectivity index (χ0) is 36.4. The minimum absolute atomic E-state index is 0.0153. The summed E-state index contributed by atoms with van der Waals surface area (Å²) in [6.07, 6.45) is 2.73. The minimum atomic E-state index is -2.21. The summed E-state index contributed by atoms with van der Waals surface area (Å²) in [5.74, 6) is -2.75. The Hall–Kier alpha value is -3.72. The summed E-state index contributed by atoms with van der Waals surface area (Å²) in [7, 11) is -0.712. The number of amides is 1. The molecular weight excluding hydrogens is 668 g/mol. The predicted molar refractivity (Wildman–Crippen MR) is 188 cm³/mol. The van der Waals surface area contributed by atoms with Gasteiger partial charge in [-0.15, -0.1) is 0 Å². The highest BCUT2D eigenvalue weighted by molar-refractivity contribution is 6.74. The number of anilines is 2. The number of aromatic nitrogens is 2. The second-order valence-corrected chi connectivity index (χ2v) is 19.5. The Labute approximate surface area is 292 Å². The number of hydrogen-bond donors (Lipinski definition) is 3. The molecule has 1 amide bonds. The lowest BCUT2D eigenvalue weighted by atomic mass is 9.85. The number of nitrogens with one attached hydrogen (secondary N) is 2. The second-order valence-electron chi connectivity index (χ2n) is 14.8. The average molecular weight is 716 g/mol. The first-order valence-electron chi connectivity index (χ1n) is 16.9. The van der Waals surface area contributed by atoms with E-state index in [4.69, 9.17) is 13.9 Å². The lowest BCUT2D eigenvalue weighted by Crippen LogP contribution is -2.62. The fourth-order valence-corrected chi connectivity index (χ4v) is 8.01. The summed E-state index contributed by atoms with van der Waals surface area (Å²) in [6.45, 7) is 14.7. The zero-order valence-electron chi connectivity index (χ0n) is 29.8. The smallest absolute Gasteiger partial charge is 0.405 e. The first-order valence-corrected chi connectivity index (χ1v) is 19.8. The SMILES string of the molecule is COC1(c2cc(F)c(-c3nc(CNc4cnccc4N4C[C@H](C)[C@@H](O[Si](C)(C)C(C)(C)C)[C@H](NC(=O)O)C4)ccc3F)c(F)c2)CCOCC1. The van der Waals surface area contributed by atoms with Crippen LogP contribution in [0.25, 0.3) is 11.3 Å². The molecule has 0 saturated carbocycles. The lowest BCUT2D eigenvalue weighted by molar-refractivity contribution is -0.0950. The number of ether oxygens (including phenoxy) is 2. The Bertz CT molecular complexity index is 1660. The Kier molecular flexibility index (Phi) is 11.2. The van der Waals surface area contributed by atoms with E-state index in [1.807, 2.05) is 6.07 Å². The Balaban J connectivity index is 1.37. The molecule has 0 bridgehead atoms. The van der Waals surface area contributed by atoms with Crippen molar-refractivity contribution in [1.29, 1.82) is 0 Å². The molecule has 0 spiro atoms. The van der Waals surface area contributed by atoms with E-state index in [-0.39, 0.29) is 23.6 Å². The van der Waals surface area contributed by atoms with E-state index in [1.54, 1.807) is 12.4 Å². The van der Waals surface area contributed by atoms with E-state index in [2.05, 4.69) is 66.3 Å². The number of hydrogen-bond acceptors (Lipinski definition) is 8. The first-order chi connectivity index (χ1) is 23.5. The van der Waals surface area contributed by atoms with Gasteiger partial charge in [0, 0.05) is 58.4 Å². The van der Waals surface area contributed by atoms with Gasteiger partial charge in [-0.3, -0.25) is 4.98 Å². The molecule has 0 unspecified atom stereocenters. The molecule has 3 aromatic rings. The van der Waals surface area contributed by atoms with Crippen LogP contribution in [0.2, 0.25) is 18.1 Å². The summed E-state index contributed by atoms with van der Waals surface area (Å²) in [5, 5.41) is 15.7. The van der Waals surface area contributed by atoms with Crippen LogP contribution in [-0.4, -0.2) is 75.0 Å². The van der Waals surface area contributed by atoms with E-state index < -0.39 is 54.8 Å². The third-order valence-corrected chi connectivity index (χ3v) is 14.9. The summed E-state index contributed by atoms with van der Waals surface area (Å²) in [6, 6.07) is 6.32. The number of carbonyl (C=O) groups is 1. The molecule has 1 aromatic carbocycles. The van der Waals surface area contributed by atoms with Crippen LogP contribution in [0.15, 0.2) is 42.7 Å². The van der Waals surface area contributed by atoms with Gasteiger partial charge in [0.25, 0.3) is 0 Å². The quantitative estimate of drug-likeness (QED) is 0.186. The fourth-order valence-electron chi connectivity index (χ4n) is 6.58. The Morgan fingerprint density at radius 3 is 2.40 bits per heavy atom. The summed E-state index contributed by atoms with van der Waals surface area (Å²) in [4.78, 5) is 22.6. The lowest BCUT2D eigenvalue weighted by Gasteiger charge is -2.48. The standard InChI is InChI=1S/C36H48F3N5O5Si/c1-22-20-44(21-29(43-34(45)46)33(22)49-50(6,7)35(2,3)4)30-10-13-40-19-28(30)41-18-24-8-9-25(37)32(42-24)31-26(38)16-23(17-27(31)39)36(47-5)11-14-48-15-12-36/h8-10,13,16-17,19,22,29,33,41,43H,11-12,14-15,18,20-21H2,1-7H3,(H,45,46)/t22-,29+,33+/m0/s1. The van der Waals surface area contributed by atoms with Gasteiger partial charge < -0.3 is 34.5 Å². The van der Waals surface area contributed by atoms with E-state index in [0.29, 0.717) is 56.1 Å². The molecule has 272 valence electrons. The van der Waals surface area contributed by atoms with Crippen molar-refractivity contribution in [3.63, 3.8) is 0 Å². The predicted octanol–water partition coefficient (Wildman–Crippen LogP) is 7.31. The van der Waals surface area contributed by atoms with Crippen molar-refractivity contribution in [2.75, 3.05) is 43.6 Å². The molecule has 0 aliphatic carbocycles. The highest BCUT2D eigenvalue weighted by Crippen LogP contribution is 2.41. The van der Waals surface area contributed by atoms with Gasteiger partial charge in [0.2, 0.25) is 0 Å². The molecule has 2 aliphatic heterocycles. The number of halogens is 3. The number of carboxylic acid groups (broad SMARTS) is 1. The van der Waals surface area contributed by atoms with Crippen LogP contribution in [-0.2, 0) is 26.0 Å². The third-order valence-electron chi connectivity index (χ3n) is 10.4. The van der Waals surface area contributed by atoms with Gasteiger partial charge in [-0.2, -0.15) is 0 Å². The van der Waals surface area contributed by atoms with Gasteiger partial charge in [-0.05, 0) is 54.0 Å². The van der Waals surface area contributed by atoms with Crippen molar-refractivity contribution in [2.24, 2.45) is 5.92 Å². The fraction of sp³-hybridized carbons (Fsp3) is 0.528. The molecule has 0 radical (unpaired) electrons. The van der Waals surface area contributed by atoms with E-state index >= 15 is 13.2 Å². The van der Waals surface area contributed by atoms with Gasteiger partial charge in [-0.25, -0.2) is 22.9 Å². The van der Waals surface area contributed by atoms with Gasteiger partial charge in [0.05, 0.1) is 53.1 Å². The van der Waals surface area contributed by atoms with E-state index in [9.17, 15) is 9.90 Å². The number of methoxy groups -OCH3 is 1. The molecule has 5 rings (SSSR count). The van der Waals surface area contributed by atoms with Crippen molar-refractivity contribution >= 4 is 25.8 Å². The Morgan fingerprint density at radius 2 is 1.78 bits per heavy atom. The number of rotatable bonds is 10. The van der Waals surface area contributed by atoms with Crippen LogP contribution in [0, 0.1) is 23.4 Å². The summed E-state index contributed by atoms with van der Waals surface area (Å²) < 4.78 is 64.2. The minimum Gasteiger partial charge on any atom is -0.465 e. The largest absolute Gasteiger partial charge is 0.465 e. The van der Waals surface area contributed by atoms with Crippen LogP contribution >= 0.6 is 0 Å². The molecule has 10 nitrogen and oxygen atoms in total. The zero-order valence-corrected chi connectivity index (χ0v) is 30.8. The topological polar surface area (TPSA) is 118 Å². The van der Waals surface area contributed by atoms with Crippen LogP contribution in [0.4, 0.5) is 29.3 Å². The molecule has 3 N–H and O–H groups in total. The molecule has 4 heterocycles. The number of nitrogens with zero attached hydrogens (tertiary/aromatic N) is 3. The Morgan fingerprint density at radius 1 is 1.10 bits per heavy atom. The van der Waals surface area contributed by atoms with Gasteiger partial charge in [0.15, 0.2) is 8.32 Å². The van der Waals surface area contributed by atoms with Crippen LogP contribution in [0.5, 0.6) is 0 Å². The molecule has 3 atom stereocenters. The van der Waals surface area contributed by atoms with Crippen molar-refractivity contribution in [3.8, 4) is 11.3 Å². The molecular formula is C36H48F3N5O5Si. The molecule has 2 aromatic heterocycles. The van der Waals surface area contributed by atoms with Crippen molar-refractivity contribution in [2.45, 2.75) is 83.0 Å². The van der Waals surface area contributed by atoms with Gasteiger partial charge in [-0.1, -0.05) is 27.7 Å². The first kappa shape index (κ1) is 37.5. The summed E-state index contributed by atoms with van der Waals surface area (Å²) >= 11 is 0. The number of benzene rings is 1.